The van der Waals surface area contributed by atoms with Crippen molar-refractivity contribution in [3.05, 3.63) is 39.9 Å². The first kappa shape index (κ1) is 13.0. The van der Waals surface area contributed by atoms with E-state index in [0.29, 0.717) is 5.56 Å². The van der Waals surface area contributed by atoms with Crippen LogP contribution in [0.4, 0.5) is 5.69 Å². The number of nitro groups is 1. The van der Waals surface area contributed by atoms with E-state index in [-0.39, 0.29) is 18.0 Å². The van der Waals surface area contributed by atoms with Crippen LogP contribution in [0.15, 0.2) is 24.3 Å². The number of carboxylic acid groups (broad SMARTS) is 1. The summed E-state index contributed by atoms with van der Waals surface area (Å²) >= 11 is 0. The number of carbonyl (C=O) groups excluding carboxylic acids is 1. The Labute approximate surface area is 108 Å². The second kappa shape index (κ2) is 4.68. The monoisotopic (exact) mass is 264 g/mol. The molecular weight excluding hydrogens is 252 g/mol. The number of nitro benzene ring substituents is 1. The summed E-state index contributed by atoms with van der Waals surface area (Å²) in [5, 5.41) is 19.7. The van der Waals surface area contributed by atoms with E-state index >= 15 is 0 Å². The van der Waals surface area contributed by atoms with Crippen LogP contribution in [-0.4, -0.2) is 33.9 Å². The molecule has 19 heavy (non-hydrogen) atoms. The SMILES string of the molecule is CN1C(=O)CC(C(=O)O)C1c1ccc([N+](=O)[O-])cc1. The number of carboxylic acids is 1. The first-order valence-electron chi connectivity index (χ1n) is 5.64. The lowest BCUT2D eigenvalue weighted by molar-refractivity contribution is -0.384. The second-order valence-electron chi connectivity index (χ2n) is 4.45. The molecule has 1 aromatic carbocycles. The minimum absolute atomic E-state index is 0.0481. The van der Waals surface area contributed by atoms with Crippen LogP contribution >= 0.6 is 0 Å². The van der Waals surface area contributed by atoms with Gasteiger partial charge in [0, 0.05) is 25.6 Å². The fourth-order valence-corrected chi connectivity index (χ4v) is 2.34. The minimum Gasteiger partial charge on any atom is -0.481 e. The summed E-state index contributed by atoms with van der Waals surface area (Å²) in [4.78, 5) is 34.2. The number of amides is 1. The summed E-state index contributed by atoms with van der Waals surface area (Å²) in [5.74, 6) is -2.10. The topological polar surface area (TPSA) is 101 Å². The normalized spacial score (nSPS) is 22.6. The van der Waals surface area contributed by atoms with Crippen LogP contribution < -0.4 is 0 Å². The standard InChI is InChI=1S/C12H12N2O5/c1-13-10(15)6-9(12(16)17)11(13)7-2-4-8(5-3-7)14(18)19/h2-5,9,11H,6H2,1H3,(H,16,17). The largest absolute Gasteiger partial charge is 0.481 e. The number of likely N-dealkylation sites (tertiary alicyclic amines) is 1. The summed E-state index contributed by atoms with van der Waals surface area (Å²) in [6.07, 6.45) is -0.0481. The molecule has 0 saturated carbocycles. The van der Waals surface area contributed by atoms with Gasteiger partial charge in [0.15, 0.2) is 0 Å². The van der Waals surface area contributed by atoms with E-state index in [4.69, 9.17) is 5.11 Å². The number of non-ortho nitro benzene ring substituents is 1. The highest BCUT2D eigenvalue weighted by atomic mass is 16.6. The van der Waals surface area contributed by atoms with Gasteiger partial charge in [0.05, 0.1) is 16.9 Å². The molecule has 0 aliphatic carbocycles. The minimum atomic E-state index is -1.04. The fraction of sp³-hybridized carbons (Fsp3) is 0.333. The maximum absolute atomic E-state index is 11.6. The third kappa shape index (κ3) is 2.26. The molecule has 0 radical (unpaired) electrons. The average molecular weight is 264 g/mol. The summed E-state index contributed by atoms with van der Waals surface area (Å²) in [7, 11) is 1.54. The van der Waals surface area contributed by atoms with E-state index in [0.717, 1.165) is 0 Å². The van der Waals surface area contributed by atoms with Crippen molar-refractivity contribution in [2.24, 2.45) is 5.92 Å². The maximum Gasteiger partial charge on any atom is 0.309 e. The number of carbonyl (C=O) groups is 2. The van der Waals surface area contributed by atoms with E-state index in [1.54, 1.807) is 0 Å². The molecule has 0 spiro atoms. The number of nitrogens with zero attached hydrogens (tertiary/aromatic N) is 2. The van der Waals surface area contributed by atoms with E-state index in [2.05, 4.69) is 0 Å². The molecule has 1 N–H and O–H groups in total. The fourth-order valence-electron chi connectivity index (χ4n) is 2.34. The summed E-state index contributed by atoms with van der Waals surface area (Å²) in [5.41, 5.74) is 0.522. The van der Waals surface area contributed by atoms with E-state index in [1.165, 1.54) is 36.2 Å². The molecule has 1 aromatic rings. The van der Waals surface area contributed by atoms with Crippen LogP contribution in [0.25, 0.3) is 0 Å². The number of benzene rings is 1. The first-order valence-corrected chi connectivity index (χ1v) is 5.64. The Morgan fingerprint density at radius 2 is 2.00 bits per heavy atom. The van der Waals surface area contributed by atoms with Crippen molar-refractivity contribution < 1.29 is 19.6 Å². The number of aliphatic carboxylic acids is 1. The van der Waals surface area contributed by atoms with Gasteiger partial charge in [-0.05, 0) is 5.56 Å². The van der Waals surface area contributed by atoms with Gasteiger partial charge < -0.3 is 10.0 Å². The Hall–Kier alpha value is -2.44. The Bertz CT molecular complexity index is 540. The lowest BCUT2D eigenvalue weighted by atomic mass is 9.94. The van der Waals surface area contributed by atoms with Crippen LogP contribution in [-0.2, 0) is 9.59 Å². The first-order chi connectivity index (χ1) is 8.91. The summed E-state index contributed by atoms with van der Waals surface area (Å²) in [6, 6.07) is 5.03. The molecule has 2 rings (SSSR count). The highest BCUT2D eigenvalue weighted by Gasteiger charge is 2.42. The van der Waals surface area contributed by atoms with Gasteiger partial charge in [-0.15, -0.1) is 0 Å². The maximum atomic E-state index is 11.6. The predicted molar refractivity (Wildman–Crippen MR) is 64.4 cm³/mol. The second-order valence-corrected chi connectivity index (χ2v) is 4.45. The van der Waals surface area contributed by atoms with E-state index in [1.807, 2.05) is 0 Å². The van der Waals surface area contributed by atoms with Crippen molar-refractivity contribution >= 4 is 17.6 Å². The average Bonchev–Trinajstić information content (AvgIpc) is 2.66. The van der Waals surface area contributed by atoms with Crippen molar-refractivity contribution in [2.75, 3.05) is 7.05 Å². The van der Waals surface area contributed by atoms with Gasteiger partial charge in [-0.25, -0.2) is 0 Å². The van der Waals surface area contributed by atoms with Gasteiger partial charge in [0.25, 0.3) is 5.69 Å². The highest BCUT2D eigenvalue weighted by Crippen LogP contribution is 2.37. The zero-order valence-corrected chi connectivity index (χ0v) is 10.1. The Morgan fingerprint density at radius 3 is 2.47 bits per heavy atom. The van der Waals surface area contributed by atoms with Gasteiger partial charge in [0.1, 0.15) is 0 Å². The third-order valence-electron chi connectivity index (χ3n) is 3.35. The number of hydrogen-bond donors (Lipinski definition) is 1. The molecule has 0 aromatic heterocycles. The molecule has 100 valence electrons. The van der Waals surface area contributed by atoms with Crippen LogP contribution in [0, 0.1) is 16.0 Å². The van der Waals surface area contributed by atoms with E-state index in [9.17, 15) is 19.7 Å². The Balaban J connectivity index is 2.35. The Morgan fingerprint density at radius 1 is 1.42 bits per heavy atom. The van der Waals surface area contributed by atoms with Gasteiger partial charge in [0.2, 0.25) is 5.91 Å². The van der Waals surface area contributed by atoms with Gasteiger partial charge in [-0.3, -0.25) is 19.7 Å². The predicted octanol–water partition coefficient (Wildman–Crippen LogP) is 1.20. The molecule has 1 heterocycles. The van der Waals surface area contributed by atoms with E-state index < -0.39 is 22.9 Å². The number of rotatable bonds is 3. The molecule has 7 heteroatoms. The van der Waals surface area contributed by atoms with Crippen LogP contribution in [0.5, 0.6) is 0 Å². The molecule has 1 saturated heterocycles. The van der Waals surface area contributed by atoms with Crippen molar-refractivity contribution in [3.8, 4) is 0 Å². The lowest BCUT2D eigenvalue weighted by Crippen LogP contribution is -2.26. The lowest BCUT2D eigenvalue weighted by Gasteiger charge is -2.23. The molecule has 1 aliphatic rings. The van der Waals surface area contributed by atoms with Crippen molar-refractivity contribution in [2.45, 2.75) is 12.5 Å². The molecule has 2 atom stereocenters. The van der Waals surface area contributed by atoms with Crippen molar-refractivity contribution in [1.82, 2.24) is 4.90 Å². The molecule has 0 bridgehead atoms. The molecule has 1 aliphatic heterocycles. The zero-order chi connectivity index (χ0) is 14.2. The zero-order valence-electron chi connectivity index (χ0n) is 10.1. The van der Waals surface area contributed by atoms with Gasteiger partial charge >= 0.3 is 5.97 Å². The molecular formula is C12H12N2O5. The van der Waals surface area contributed by atoms with Crippen molar-refractivity contribution in [1.29, 1.82) is 0 Å². The van der Waals surface area contributed by atoms with Gasteiger partial charge in [-0.1, -0.05) is 12.1 Å². The van der Waals surface area contributed by atoms with Crippen LogP contribution in [0.3, 0.4) is 0 Å². The third-order valence-corrected chi connectivity index (χ3v) is 3.35. The van der Waals surface area contributed by atoms with Crippen LogP contribution in [0.2, 0.25) is 0 Å². The smallest absolute Gasteiger partial charge is 0.309 e. The molecule has 1 fully saturated rings. The van der Waals surface area contributed by atoms with Gasteiger partial charge in [-0.2, -0.15) is 0 Å². The Kier molecular flexibility index (Phi) is 3.20. The highest BCUT2D eigenvalue weighted by molar-refractivity contribution is 5.87. The van der Waals surface area contributed by atoms with Crippen LogP contribution in [0.1, 0.15) is 18.0 Å². The molecule has 1 amide bonds. The molecule has 7 nitrogen and oxygen atoms in total. The number of hydrogen-bond acceptors (Lipinski definition) is 4. The van der Waals surface area contributed by atoms with Crippen molar-refractivity contribution in [3.63, 3.8) is 0 Å². The molecule has 2 unspecified atom stereocenters. The summed E-state index contributed by atoms with van der Waals surface area (Å²) < 4.78 is 0. The quantitative estimate of drug-likeness (QED) is 0.653. The summed E-state index contributed by atoms with van der Waals surface area (Å²) in [6.45, 7) is 0.